The van der Waals surface area contributed by atoms with Gasteiger partial charge in [0.1, 0.15) is 0 Å². The molecule has 0 unspecified atom stereocenters. The largest absolute Gasteiger partial charge is 0.307 e. The van der Waals surface area contributed by atoms with E-state index in [4.69, 9.17) is 29.9 Å². The number of benzene rings is 11. The summed E-state index contributed by atoms with van der Waals surface area (Å²) in [5.41, 5.74) is 16.3. The molecule has 11 aromatic carbocycles. The average Bonchev–Trinajstić information content (AvgIpc) is 2.41. The fraction of sp³-hybridized carbons (Fsp3) is 0.0137. The fourth-order valence-electron chi connectivity index (χ4n) is 12.6. The van der Waals surface area contributed by atoms with Crippen LogP contribution in [0, 0.1) is 0 Å². The van der Waals surface area contributed by atoms with Crippen LogP contribution < -0.4 is 0 Å². The fourth-order valence-corrected chi connectivity index (χ4v) is 12.6. The number of fused-ring (bicyclic) bond motifs is 10. The van der Waals surface area contributed by atoms with Gasteiger partial charge in [0.25, 0.3) is 0 Å². The first-order chi connectivity index (χ1) is 40.2. The summed E-state index contributed by atoms with van der Waals surface area (Å²) in [4.78, 5) is 31.5. The molecule has 8 heteroatoms. The van der Waals surface area contributed by atoms with E-state index in [1.165, 1.54) is 27.8 Å². The summed E-state index contributed by atoms with van der Waals surface area (Å²) in [7, 11) is 0. The number of nitrogens with zero attached hydrogens (tertiary/aromatic N) is 8. The van der Waals surface area contributed by atoms with E-state index in [9.17, 15) is 0 Å². The van der Waals surface area contributed by atoms with E-state index in [-0.39, 0.29) is 0 Å². The Kier molecular flexibility index (Phi) is 10.6. The maximum atomic E-state index is 5.58. The summed E-state index contributed by atoms with van der Waals surface area (Å²) < 4.78 is 4.64. The highest BCUT2D eigenvalue weighted by molar-refractivity contribution is 6.23. The number of aromatic nitrogens is 8. The summed E-state index contributed by atoms with van der Waals surface area (Å²) in [5, 5.41) is 4.42. The monoisotopic (exact) mass is 1030 g/mol. The minimum absolute atomic E-state index is 0.520. The molecule has 16 rings (SSSR count). The highest BCUT2D eigenvalue weighted by Crippen LogP contribution is 2.56. The lowest BCUT2D eigenvalue weighted by Gasteiger charge is -2.33. The molecule has 0 N–H and O–H groups in total. The molecule has 0 atom stereocenters. The Morgan fingerprint density at radius 2 is 0.642 bits per heavy atom. The van der Waals surface area contributed by atoms with Gasteiger partial charge in [-0.15, -0.1) is 0 Å². The lowest BCUT2D eigenvalue weighted by atomic mass is 9.67. The molecule has 0 saturated heterocycles. The van der Waals surface area contributed by atoms with Crippen LogP contribution in [0.4, 0.5) is 0 Å². The van der Waals surface area contributed by atoms with E-state index in [0.29, 0.717) is 35.1 Å². The second-order valence-electron chi connectivity index (χ2n) is 20.6. The predicted molar refractivity (Wildman–Crippen MR) is 326 cm³/mol. The Bertz CT molecular complexity index is 4810. The minimum atomic E-state index is -0.538. The summed E-state index contributed by atoms with van der Waals surface area (Å²) >= 11 is 0. The zero-order valence-electron chi connectivity index (χ0n) is 43.6. The molecule has 1 aliphatic carbocycles. The van der Waals surface area contributed by atoms with Crippen LogP contribution in [0.2, 0.25) is 0 Å². The van der Waals surface area contributed by atoms with Gasteiger partial charge < -0.3 is 4.57 Å². The van der Waals surface area contributed by atoms with Gasteiger partial charge in [-0.25, -0.2) is 19.9 Å². The van der Waals surface area contributed by atoms with Crippen molar-refractivity contribution < 1.29 is 0 Å². The first-order valence-corrected chi connectivity index (χ1v) is 27.3. The van der Waals surface area contributed by atoms with Gasteiger partial charge in [0.2, 0.25) is 5.95 Å². The molecule has 0 aliphatic heterocycles. The Hall–Kier alpha value is -11.0. The van der Waals surface area contributed by atoms with Crippen LogP contribution in [0.3, 0.4) is 0 Å². The summed E-state index contributed by atoms with van der Waals surface area (Å²) in [6.07, 6.45) is 0. The second kappa shape index (κ2) is 18.6. The first-order valence-electron chi connectivity index (χ1n) is 27.3. The smallest absolute Gasteiger partial charge is 0.238 e. The van der Waals surface area contributed by atoms with E-state index in [0.717, 1.165) is 82.7 Å². The van der Waals surface area contributed by atoms with E-state index >= 15 is 0 Å². The molecule has 8 nitrogen and oxygen atoms in total. The third-order valence-corrected chi connectivity index (χ3v) is 16.1. The molecule has 0 saturated carbocycles. The maximum Gasteiger partial charge on any atom is 0.238 e. The van der Waals surface area contributed by atoms with Crippen molar-refractivity contribution >= 4 is 43.6 Å². The van der Waals surface area contributed by atoms with Crippen molar-refractivity contribution in [3.05, 3.63) is 301 Å². The van der Waals surface area contributed by atoms with Gasteiger partial charge >= 0.3 is 0 Å². The minimum Gasteiger partial charge on any atom is -0.307 e. The first kappa shape index (κ1) is 46.2. The van der Waals surface area contributed by atoms with Crippen LogP contribution in [0.15, 0.2) is 279 Å². The van der Waals surface area contributed by atoms with Crippen LogP contribution in [0.25, 0.3) is 123 Å². The predicted octanol–water partition coefficient (Wildman–Crippen LogP) is 16.9. The van der Waals surface area contributed by atoms with Gasteiger partial charge in [0, 0.05) is 55.0 Å². The van der Waals surface area contributed by atoms with Gasteiger partial charge in [0.05, 0.1) is 27.5 Å². The Morgan fingerprint density at radius 3 is 1.17 bits per heavy atom. The molecule has 0 fully saturated rings. The Morgan fingerprint density at radius 1 is 0.259 bits per heavy atom. The molecular weight excluding hydrogens is 989 g/mol. The lowest BCUT2D eigenvalue weighted by molar-refractivity contribution is 0.768. The molecule has 1 aliphatic rings. The molecule has 0 radical (unpaired) electrons. The van der Waals surface area contributed by atoms with Crippen molar-refractivity contribution in [2.45, 2.75) is 5.41 Å². The number of hydrogen-bond donors (Lipinski definition) is 0. The van der Waals surface area contributed by atoms with E-state index in [2.05, 4.69) is 209 Å². The number of hydrogen-bond acceptors (Lipinski definition) is 6. The SMILES string of the molecule is c1ccc(-c2nc(-c3ccccc3)nc(-c3ccc(-n4c5ccccc5c5ccc6c7ccccc7n(-c7nc(-c8ccccc8)nc(-c8ccc9c(c8)-c8ccccc8C9(c8ccccc8)c8ccccc8)n7)c6c54)cc3)n2)cc1. The van der Waals surface area contributed by atoms with Gasteiger partial charge in [-0.05, 0) is 75.8 Å². The third-order valence-electron chi connectivity index (χ3n) is 16.1. The van der Waals surface area contributed by atoms with Crippen LogP contribution in [-0.2, 0) is 5.41 Å². The van der Waals surface area contributed by atoms with E-state index in [1.807, 2.05) is 78.9 Å². The lowest BCUT2D eigenvalue weighted by Crippen LogP contribution is -2.28. The van der Waals surface area contributed by atoms with E-state index < -0.39 is 5.41 Å². The molecule has 0 bridgehead atoms. The van der Waals surface area contributed by atoms with Crippen LogP contribution in [-0.4, -0.2) is 39.0 Å². The highest BCUT2D eigenvalue weighted by atomic mass is 15.2. The molecule has 378 valence electrons. The van der Waals surface area contributed by atoms with Crippen LogP contribution >= 0.6 is 0 Å². The standard InChI is InChI=1S/C73H46N8/c1-6-22-47(23-7-1)67-74-68(48-24-8-2-9-25-48)76-69(75-67)50-38-41-54(42-39-50)80-63-36-20-17-33-56(63)58-43-44-59-57-34-18-21-37-64(57)81(66(59)65(58)80)72-78-70(49-26-10-3-11-27-49)77-71(79-72)51-40-45-62-60(46-51)55-32-16-19-35-61(55)73(62,52-28-12-4-13-29-52)53-30-14-5-15-31-53/h1-46H. The molecule has 81 heavy (non-hydrogen) atoms. The van der Waals surface area contributed by atoms with Crippen molar-refractivity contribution in [2.24, 2.45) is 0 Å². The second-order valence-corrected chi connectivity index (χ2v) is 20.6. The van der Waals surface area contributed by atoms with Crippen molar-refractivity contribution in [2.75, 3.05) is 0 Å². The average molecular weight is 1040 g/mol. The zero-order chi connectivity index (χ0) is 53.4. The van der Waals surface area contributed by atoms with Crippen molar-refractivity contribution in [1.82, 2.24) is 39.0 Å². The van der Waals surface area contributed by atoms with Gasteiger partial charge in [-0.1, -0.05) is 237 Å². The molecular formula is C73H46N8. The summed E-state index contributed by atoms with van der Waals surface area (Å²) in [6, 6.07) is 98.2. The quantitative estimate of drug-likeness (QED) is 0.143. The normalized spacial score (nSPS) is 12.5. The zero-order valence-corrected chi connectivity index (χ0v) is 43.6. The molecule has 15 aromatic rings. The maximum absolute atomic E-state index is 5.58. The topological polar surface area (TPSA) is 87.2 Å². The van der Waals surface area contributed by atoms with Gasteiger partial charge in [0.15, 0.2) is 29.1 Å². The van der Waals surface area contributed by atoms with Gasteiger partial charge in [-0.3, -0.25) is 4.57 Å². The molecule has 0 spiro atoms. The highest BCUT2D eigenvalue weighted by Gasteiger charge is 2.46. The van der Waals surface area contributed by atoms with Gasteiger partial charge in [-0.2, -0.15) is 9.97 Å². The number of para-hydroxylation sites is 2. The summed E-state index contributed by atoms with van der Waals surface area (Å²) in [5.74, 6) is 3.51. The van der Waals surface area contributed by atoms with Crippen LogP contribution in [0.5, 0.6) is 0 Å². The third kappa shape index (κ3) is 7.31. The van der Waals surface area contributed by atoms with Crippen molar-refractivity contribution in [3.8, 4) is 79.7 Å². The van der Waals surface area contributed by atoms with E-state index in [1.54, 1.807) is 0 Å². The molecule has 4 heterocycles. The van der Waals surface area contributed by atoms with Crippen molar-refractivity contribution in [3.63, 3.8) is 0 Å². The van der Waals surface area contributed by atoms with Crippen LogP contribution in [0.1, 0.15) is 22.3 Å². The molecule has 4 aromatic heterocycles. The number of rotatable bonds is 9. The Balaban J connectivity index is 0.913. The van der Waals surface area contributed by atoms with Crippen molar-refractivity contribution in [1.29, 1.82) is 0 Å². The molecule has 0 amide bonds. The Labute approximate surface area is 466 Å². The summed E-state index contributed by atoms with van der Waals surface area (Å²) in [6.45, 7) is 0.